The minimum Gasteiger partial charge on any atom is -0.481 e. The lowest BCUT2D eigenvalue weighted by molar-refractivity contribution is -0.136. The molecule has 1 N–H and O–H groups in total. The Morgan fingerprint density at radius 1 is 1.40 bits per heavy atom. The van der Waals surface area contributed by atoms with Crippen molar-refractivity contribution < 1.29 is 9.90 Å². The molecule has 0 unspecified atom stereocenters. The number of hydrogen-bond donors (Lipinski definition) is 1. The Bertz CT molecular complexity index is 407. The Labute approximate surface area is 89.0 Å². The molecular formula is C12H13NO2. The van der Waals surface area contributed by atoms with E-state index in [1.807, 2.05) is 13.8 Å². The predicted molar refractivity (Wildman–Crippen MR) is 56.6 cm³/mol. The van der Waals surface area contributed by atoms with Crippen LogP contribution in [0.25, 0.3) is 0 Å². The average molecular weight is 203 g/mol. The fourth-order valence-electron chi connectivity index (χ4n) is 1.68. The molecule has 0 aliphatic rings. The molecule has 0 amide bonds. The second-order valence-corrected chi connectivity index (χ2v) is 3.59. The summed E-state index contributed by atoms with van der Waals surface area (Å²) in [5, 5.41) is 17.4. The van der Waals surface area contributed by atoms with Crippen LogP contribution in [0, 0.1) is 25.2 Å². The zero-order valence-corrected chi connectivity index (χ0v) is 8.87. The number of aryl methyl sites for hydroxylation is 2. The van der Waals surface area contributed by atoms with Crippen LogP contribution in [0.15, 0.2) is 12.1 Å². The van der Waals surface area contributed by atoms with Crippen LogP contribution < -0.4 is 0 Å². The third-order valence-electron chi connectivity index (χ3n) is 2.41. The molecule has 0 aliphatic heterocycles. The molecule has 0 saturated heterocycles. The number of hydrogen-bond acceptors (Lipinski definition) is 2. The lowest BCUT2D eigenvalue weighted by Crippen LogP contribution is -2.01. The van der Waals surface area contributed by atoms with Crippen LogP contribution in [0.3, 0.4) is 0 Å². The van der Waals surface area contributed by atoms with Gasteiger partial charge in [0, 0.05) is 6.42 Å². The number of nitrogens with zero attached hydrogens (tertiary/aromatic N) is 1. The molecule has 0 aliphatic carbocycles. The van der Waals surface area contributed by atoms with E-state index in [0.717, 1.165) is 16.7 Å². The molecule has 0 heterocycles. The van der Waals surface area contributed by atoms with Crippen LogP contribution in [0.5, 0.6) is 0 Å². The molecule has 78 valence electrons. The Balaban J connectivity index is 2.99. The van der Waals surface area contributed by atoms with Gasteiger partial charge in [0.15, 0.2) is 0 Å². The largest absolute Gasteiger partial charge is 0.481 e. The Morgan fingerprint density at radius 3 is 2.33 bits per heavy atom. The second-order valence-electron chi connectivity index (χ2n) is 3.59. The first-order chi connectivity index (χ1) is 7.04. The number of aliphatic carboxylic acids is 1. The molecule has 15 heavy (non-hydrogen) atoms. The summed E-state index contributed by atoms with van der Waals surface area (Å²) in [6.45, 7) is 3.82. The highest BCUT2D eigenvalue weighted by Gasteiger charge is 2.07. The highest BCUT2D eigenvalue weighted by atomic mass is 16.4. The fraction of sp³-hybridized carbons (Fsp3) is 0.333. The number of rotatable bonds is 3. The van der Waals surface area contributed by atoms with E-state index in [4.69, 9.17) is 10.4 Å². The van der Waals surface area contributed by atoms with Crippen LogP contribution >= 0.6 is 0 Å². The van der Waals surface area contributed by atoms with Crippen molar-refractivity contribution in [2.75, 3.05) is 0 Å². The highest BCUT2D eigenvalue weighted by Crippen LogP contribution is 2.17. The van der Waals surface area contributed by atoms with Gasteiger partial charge >= 0.3 is 5.97 Å². The van der Waals surface area contributed by atoms with E-state index in [9.17, 15) is 4.79 Å². The van der Waals surface area contributed by atoms with Gasteiger partial charge in [-0.1, -0.05) is 0 Å². The molecule has 1 rings (SSSR count). The number of carboxylic acid groups (broad SMARTS) is 1. The molecule has 0 fully saturated rings. The molecule has 3 heteroatoms. The van der Waals surface area contributed by atoms with Crippen molar-refractivity contribution in [3.05, 3.63) is 34.4 Å². The van der Waals surface area contributed by atoms with E-state index in [-0.39, 0.29) is 6.42 Å². The quantitative estimate of drug-likeness (QED) is 0.819. The van der Waals surface area contributed by atoms with Gasteiger partial charge in [-0.2, -0.15) is 5.26 Å². The molecule has 0 atom stereocenters. The maximum Gasteiger partial charge on any atom is 0.303 e. The summed E-state index contributed by atoms with van der Waals surface area (Å²) in [4.78, 5) is 10.5. The first-order valence-electron chi connectivity index (χ1n) is 4.76. The van der Waals surface area contributed by atoms with Gasteiger partial charge in [-0.25, -0.2) is 0 Å². The van der Waals surface area contributed by atoms with Crippen molar-refractivity contribution in [1.82, 2.24) is 0 Å². The summed E-state index contributed by atoms with van der Waals surface area (Å²) in [6, 6.07) is 5.68. The van der Waals surface area contributed by atoms with Gasteiger partial charge in [-0.05, 0) is 49.1 Å². The number of nitriles is 1. The summed E-state index contributed by atoms with van der Waals surface area (Å²) in [5.41, 5.74) is 3.65. The SMILES string of the molecule is Cc1cc(C#N)cc(C)c1CCC(=O)O. The summed E-state index contributed by atoms with van der Waals surface area (Å²) in [6.07, 6.45) is 0.659. The van der Waals surface area contributed by atoms with Crippen molar-refractivity contribution >= 4 is 5.97 Å². The molecule has 0 bridgehead atoms. The van der Waals surface area contributed by atoms with Crippen LogP contribution in [0.2, 0.25) is 0 Å². The van der Waals surface area contributed by atoms with Crippen molar-refractivity contribution in [1.29, 1.82) is 5.26 Å². The highest BCUT2D eigenvalue weighted by molar-refractivity contribution is 5.67. The van der Waals surface area contributed by atoms with Gasteiger partial charge < -0.3 is 5.11 Å². The van der Waals surface area contributed by atoms with Gasteiger partial charge in [0.05, 0.1) is 11.6 Å². The van der Waals surface area contributed by atoms with Gasteiger partial charge in [0.2, 0.25) is 0 Å². The summed E-state index contributed by atoms with van der Waals surface area (Å²) in [7, 11) is 0. The molecule has 0 saturated carbocycles. The first-order valence-corrected chi connectivity index (χ1v) is 4.76. The summed E-state index contributed by atoms with van der Waals surface area (Å²) in [5.74, 6) is -0.793. The summed E-state index contributed by atoms with van der Waals surface area (Å²) < 4.78 is 0. The van der Waals surface area contributed by atoms with Crippen molar-refractivity contribution in [3.8, 4) is 6.07 Å². The fourth-order valence-corrected chi connectivity index (χ4v) is 1.68. The Kier molecular flexibility index (Phi) is 3.46. The normalized spacial score (nSPS) is 9.67. The predicted octanol–water partition coefficient (Wildman–Crippen LogP) is 2.19. The van der Waals surface area contributed by atoms with Crippen LogP contribution in [-0.4, -0.2) is 11.1 Å². The third-order valence-corrected chi connectivity index (χ3v) is 2.41. The first kappa shape index (κ1) is 11.3. The minimum atomic E-state index is -0.793. The van der Waals surface area contributed by atoms with E-state index >= 15 is 0 Å². The maximum absolute atomic E-state index is 10.5. The Hall–Kier alpha value is -1.82. The second kappa shape index (κ2) is 4.61. The standard InChI is InChI=1S/C12H13NO2/c1-8-5-10(7-13)6-9(2)11(8)3-4-12(14)15/h5-6H,3-4H2,1-2H3,(H,14,15). The van der Waals surface area contributed by atoms with E-state index in [1.165, 1.54) is 0 Å². The van der Waals surface area contributed by atoms with Gasteiger partial charge in [0.25, 0.3) is 0 Å². The molecule has 0 spiro atoms. The molecule has 1 aromatic rings. The van der Waals surface area contributed by atoms with Crippen LogP contribution in [0.1, 0.15) is 28.7 Å². The summed E-state index contributed by atoms with van der Waals surface area (Å²) >= 11 is 0. The topological polar surface area (TPSA) is 61.1 Å². The van der Waals surface area contributed by atoms with Crippen molar-refractivity contribution in [2.45, 2.75) is 26.7 Å². The van der Waals surface area contributed by atoms with Crippen molar-refractivity contribution in [2.24, 2.45) is 0 Å². The molecule has 0 aromatic heterocycles. The average Bonchev–Trinajstić information content (AvgIpc) is 2.15. The minimum absolute atomic E-state index is 0.133. The lowest BCUT2D eigenvalue weighted by atomic mass is 9.96. The van der Waals surface area contributed by atoms with Gasteiger partial charge in [-0.15, -0.1) is 0 Å². The van der Waals surface area contributed by atoms with Gasteiger partial charge in [-0.3, -0.25) is 4.79 Å². The third kappa shape index (κ3) is 2.81. The van der Waals surface area contributed by atoms with E-state index in [1.54, 1.807) is 12.1 Å². The lowest BCUT2D eigenvalue weighted by Gasteiger charge is -2.08. The zero-order chi connectivity index (χ0) is 11.4. The van der Waals surface area contributed by atoms with Crippen LogP contribution in [0.4, 0.5) is 0 Å². The van der Waals surface area contributed by atoms with E-state index < -0.39 is 5.97 Å². The number of carboxylic acids is 1. The molecule has 1 aromatic carbocycles. The zero-order valence-electron chi connectivity index (χ0n) is 8.87. The van der Waals surface area contributed by atoms with E-state index in [0.29, 0.717) is 12.0 Å². The number of carbonyl (C=O) groups is 1. The Morgan fingerprint density at radius 2 is 1.93 bits per heavy atom. The molecular weight excluding hydrogens is 190 g/mol. The number of benzene rings is 1. The molecule has 3 nitrogen and oxygen atoms in total. The molecule has 0 radical (unpaired) electrons. The smallest absolute Gasteiger partial charge is 0.303 e. The van der Waals surface area contributed by atoms with E-state index in [2.05, 4.69) is 6.07 Å². The van der Waals surface area contributed by atoms with Gasteiger partial charge in [0.1, 0.15) is 0 Å². The van der Waals surface area contributed by atoms with Crippen LogP contribution in [-0.2, 0) is 11.2 Å². The monoisotopic (exact) mass is 203 g/mol. The van der Waals surface area contributed by atoms with Crippen molar-refractivity contribution in [3.63, 3.8) is 0 Å². The maximum atomic E-state index is 10.5.